The van der Waals surface area contributed by atoms with E-state index >= 15 is 0 Å². The summed E-state index contributed by atoms with van der Waals surface area (Å²) in [5, 5.41) is 6.87. The average Bonchev–Trinajstić information content (AvgIpc) is 3.37. The number of hydrogen-bond acceptors (Lipinski definition) is 7. The zero-order valence-electron chi connectivity index (χ0n) is 17.7. The van der Waals surface area contributed by atoms with Crippen LogP contribution < -0.4 is 14.8 Å². The third-order valence-corrected chi connectivity index (χ3v) is 4.81. The third-order valence-electron chi connectivity index (χ3n) is 4.81. The second-order valence-corrected chi connectivity index (χ2v) is 7.05. The number of hydrogen-bond donors (Lipinski definition) is 1. The number of rotatable bonds is 6. The molecule has 4 aromatic rings. The first kappa shape index (κ1) is 21.4. The summed E-state index contributed by atoms with van der Waals surface area (Å²) >= 11 is 0. The van der Waals surface area contributed by atoms with Crippen LogP contribution in [-0.4, -0.2) is 43.4 Å². The lowest BCUT2D eigenvalue weighted by Gasteiger charge is -2.22. The number of ether oxygens (including phenoxy) is 2. The van der Waals surface area contributed by atoms with Crippen molar-refractivity contribution in [3.8, 4) is 11.5 Å². The van der Waals surface area contributed by atoms with Gasteiger partial charge in [0.05, 0.1) is 14.2 Å². The Labute approximate surface area is 180 Å². The first-order valence-electron chi connectivity index (χ1n) is 9.48. The first-order chi connectivity index (χ1) is 15.2. The van der Waals surface area contributed by atoms with Crippen molar-refractivity contribution < 1.29 is 22.6 Å². The maximum atomic E-state index is 13.2. The van der Waals surface area contributed by atoms with E-state index in [9.17, 15) is 13.2 Å². The quantitative estimate of drug-likeness (QED) is 0.484. The van der Waals surface area contributed by atoms with E-state index in [1.807, 2.05) is 7.05 Å². The van der Waals surface area contributed by atoms with Gasteiger partial charge in [-0.3, -0.25) is 0 Å². The molecule has 0 aliphatic carbocycles. The van der Waals surface area contributed by atoms with Crippen molar-refractivity contribution >= 4 is 11.6 Å². The van der Waals surface area contributed by atoms with E-state index in [-0.39, 0.29) is 11.6 Å². The van der Waals surface area contributed by atoms with Crippen LogP contribution in [0, 0.1) is 6.92 Å². The summed E-state index contributed by atoms with van der Waals surface area (Å²) in [5.41, 5.74) is 1.19. The number of benzene rings is 1. The van der Waals surface area contributed by atoms with Gasteiger partial charge >= 0.3 is 6.18 Å². The van der Waals surface area contributed by atoms with Crippen LogP contribution in [0.1, 0.15) is 28.9 Å². The van der Waals surface area contributed by atoms with Gasteiger partial charge in [0.1, 0.15) is 29.2 Å². The Balaban J connectivity index is 1.87. The molecule has 0 saturated heterocycles. The van der Waals surface area contributed by atoms with Gasteiger partial charge in [-0.15, -0.1) is 5.10 Å². The smallest absolute Gasteiger partial charge is 0.453 e. The lowest BCUT2D eigenvalue weighted by atomic mass is 10.0. The molecule has 1 aromatic carbocycles. The average molecular weight is 447 g/mol. The Morgan fingerprint density at radius 1 is 1.03 bits per heavy atom. The predicted octanol–water partition coefficient (Wildman–Crippen LogP) is 3.40. The molecule has 0 spiro atoms. The van der Waals surface area contributed by atoms with Crippen LogP contribution in [0.4, 0.5) is 19.0 Å². The molecule has 0 amide bonds. The fourth-order valence-corrected chi connectivity index (χ4v) is 3.31. The molecule has 4 rings (SSSR count). The third kappa shape index (κ3) is 4.03. The van der Waals surface area contributed by atoms with Crippen molar-refractivity contribution in [1.82, 2.24) is 29.1 Å². The van der Waals surface area contributed by atoms with Gasteiger partial charge in [-0.2, -0.15) is 22.7 Å². The number of halogens is 3. The van der Waals surface area contributed by atoms with Crippen LogP contribution in [0.2, 0.25) is 0 Å². The van der Waals surface area contributed by atoms with Crippen molar-refractivity contribution in [2.75, 3.05) is 19.5 Å². The van der Waals surface area contributed by atoms with Crippen LogP contribution in [0.25, 0.3) is 5.78 Å². The molecule has 0 bridgehead atoms. The van der Waals surface area contributed by atoms with Gasteiger partial charge in [0.2, 0.25) is 0 Å². The maximum Gasteiger partial charge on any atom is 0.453 e. The van der Waals surface area contributed by atoms with Gasteiger partial charge in [0.25, 0.3) is 11.6 Å². The SMILES string of the molecule is COc1cc(OC)cc(C(Nc2cc(C)nc3nc(C(F)(F)F)nn23)c2nccn2C)c1. The van der Waals surface area contributed by atoms with Crippen molar-refractivity contribution in [1.29, 1.82) is 0 Å². The number of fused-ring (bicyclic) bond motifs is 1. The molecule has 0 saturated carbocycles. The standard InChI is InChI=1S/C20H20F3N7O2/c1-11-7-15(30-19(25-11)27-18(28-30)20(21,22)23)26-16(17-24-5-6-29(17)2)12-8-13(31-3)10-14(9-12)32-4/h5-10,16,26H,1-4H3. The number of anilines is 1. The number of imidazole rings is 1. The molecule has 3 heterocycles. The summed E-state index contributed by atoms with van der Waals surface area (Å²) in [7, 11) is 4.89. The van der Waals surface area contributed by atoms with Gasteiger partial charge in [-0.25, -0.2) is 9.97 Å². The van der Waals surface area contributed by atoms with Gasteiger partial charge in [-0.05, 0) is 24.6 Å². The van der Waals surface area contributed by atoms with Crippen molar-refractivity contribution in [3.63, 3.8) is 0 Å². The van der Waals surface area contributed by atoms with Gasteiger partial charge in [0.15, 0.2) is 0 Å². The molecular weight excluding hydrogens is 427 g/mol. The van der Waals surface area contributed by atoms with Crippen LogP contribution in [0.3, 0.4) is 0 Å². The molecule has 3 aromatic heterocycles. The van der Waals surface area contributed by atoms with Crippen LogP contribution in [0.15, 0.2) is 36.7 Å². The fraction of sp³-hybridized carbons (Fsp3) is 0.300. The van der Waals surface area contributed by atoms with E-state index in [1.165, 1.54) is 14.2 Å². The highest BCUT2D eigenvalue weighted by Gasteiger charge is 2.37. The van der Waals surface area contributed by atoms with Gasteiger partial charge < -0.3 is 19.4 Å². The lowest BCUT2D eigenvalue weighted by Crippen LogP contribution is -2.19. The molecule has 32 heavy (non-hydrogen) atoms. The molecule has 1 unspecified atom stereocenters. The summed E-state index contributed by atoms with van der Waals surface area (Å²) < 4.78 is 53.2. The molecular formula is C20H20F3N7O2. The zero-order valence-corrected chi connectivity index (χ0v) is 17.7. The Morgan fingerprint density at radius 3 is 2.28 bits per heavy atom. The molecule has 1 N–H and O–H groups in total. The topological polar surface area (TPSA) is 91.4 Å². The molecule has 12 heteroatoms. The highest BCUT2D eigenvalue weighted by molar-refractivity contribution is 5.51. The minimum Gasteiger partial charge on any atom is -0.497 e. The lowest BCUT2D eigenvalue weighted by molar-refractivity contribution is -0.144. The molecule has 0 aliphatic rings. The van der Waals surface area contributed by atoms with E-state index < -0.39 is 18.0 Å². The van der Waals surface area contributed by atoms with Crippen molar-refractivity contribution in [2.45, 2.75) is 19.1 Å². The van der Waals surface area contributed by atoms with Crippen LogP contribution in [-0.2, 0) is 13.2 Å². The summed E-state index contributed by atoms with van der Waals surface area (Å²) in [4.78, 5) is 12.0. The number of methoxy groups -OCH3 is 2. The van der Waals surface area contributed by atoms with E-state index in [1.54, 1.807) is 48.1 Å². The summed E-state index contributed by atoms with van der Waals surface area (Å²) in [6.07, 6.45) is -1.30. The Bertz CT molecular complexity index is 1240. The minimum atomic E-state index is -4.70. The summed E-state index contributed by atoms with van der Waals surface area (Å²) in [6, 6.07) is 6.32. The molecule has 0 fully saturated rings. The number of alkyl halides is 3. The fourth-order valence-electron chi connectivity index (χ4n) is 3.31. The molecule has 1 atom stereocenters. The van der Waals surface area contributed by atoms with Gasteiger partial charge in [-0.1, -0.05) is 0 Å². The van der Waals surface area contributed by atoms with Crippen molar-refractivity contribution in [2.24, 2.45) is 7.05 Å². The summed E-state index contributed by atoms with van der Waals surface area (Å²) in [6.45, 7) is 1.66. The number of nitrogens with zero attached hydrogens (tertiary/aromatic N) is 6. The second kappa shape index (κ2) is 8.02. The summed E-state index contributed by atoms with van der Waals surface area (Å²) in [5.74, 6) is 0.550. The zero-order chi connectivity index (χ0) is 23.0. The molecule has 168 valence electrons. The highest BCUT2D eigenvalue weighted by Crippen LogP contribution is 2.33. The van der Waals surface area contributed by atoms with Crippen LogP contribution in [0.5, 0.6) is 11.5 Å². The monoisotopic (exact) mass is 447 g/mol. The van der Waals surface area contributed by atoms with Crippen LogP contribution >= 0.6 is 0 Å². The normalized spacial score (nSPS) is 12.7. The second-order valence-electron chi connectivity index (χ2n) is 7.05. The molecule has 9 nitrogen and oxygen atoms in total. The van der Waals surface area contributed by atoms with E-state index in [0.29, 0.717) is 28.6 Å². The van der Waals surface area contributed by atoms with E-state index in [0.717, 1.165) is 4.52 Å². The van der Waals surface area contributed by atoms with E-state index in [2.05, 4.69) is 25.4 Å². The highest BCUT2D eigenvalue weighted by atomic mass is 19.4. The Morgan fingerprint density at radius 2 is 1.72 bits per heavy atom. The molecule has 0 radical (unpaired) electrons. The minimum absolute atomic E-state index is 0.165. The molecule has 0 aliphatic heterocycles. The van der Waals surface area contributed by atoms with Gasteiger partial charge in [0, 0.05) is 37.3 Å². The Kier molecular flexibility index (Phi) is 5.36. The van der Waals surface area contributed by atoms with E-state index in [4.69, 9.17) is 9.47 Å². The number of nitrogens with one attached hydrogen (secondary N) is 1. The predicted molar refractivity (Wildman–Crippen MR) is 109 cm³/mol. The number of aromatic nitrogens is 6. The Hall–Kier alpha value is -3.83. The number of aryl methyl sites for hydroxylation is 2. The first-order valence-corrected chi connectivity index (χ1v) is 9.48. The largest absolute Gasteiger partial charge is 0.497 e. The van der Waals surface area contributed by atoms with Crippen molar-refractivity contribution in [3.05, 3.63) is 59.6 Å². The maximum absolute atomic E-state index is 13.2.